The Balaban J connectivity index is 0.00000289. The van der Waals surface area contributed by atoms with Gasteiger partial charge in [-0.1, -0.05) is 0 Å². The second-order valence-corrected chi connectivity index (χ2v) is 16.8. The van der Waals surface area contributed by atoms with Crippen LogP contribution in [-0.2, 0) is 16.1 Å². The zero-order valence-electron chi connectivity index (χ0n) is 34.0. The number of carbonyl (C=O) groups is 4. The van der Waals surface area contributed by atoms with Crippen LogP contribution in [-0.4, -0.2) is 122 Å². The van der Waals surface area contributed by atoms with Crippen LogP contribution in [0.2, 0.25) is 0 Å². The Morgan fingerprint density at radius 1 is 0.984 bits per heavy atom. The van der Waals surface area contributed by atoms with E-state index in [-0.39, 0.29) is 85.0 Å². The van der Waals surface area contributed by atoms with Crippen LogP contribution in [0.1, 0.15) is 95.8 Å². The third kappa shape index (κ3) is 9.21. The van der Waals surface area contributed by atoms with Gasteiger partial charge in [-0.15, -0.1) is 24.8 Å². The Labute approximate surface area is 368 Å². The van der Waals surface area contributed by atoms with Crippen molar-refractivity contribution in [3.63, 3.8) is 0 Å². The van der Waals surface area contributed by atoms with Gasteiger partial charge in [-0.05, 0) is 87.2 Å². The summed E-state index contributed by atoms with van der Waals surface area (Å²) in [7, 11) is 0. The predicted molar refractivity (Wildman–Crippen MR) is 229 cm³/mol. The minimum absolute atomic E-state index is 0. The molecule has 4 aliphatic heterocycles. The molecule has 21 heteroatoms. The van der Waals surface area contributed by atoms with Gasteiger partial charge in [0.05, 0.1) is 24.5 Å². The fourth-order valence-electron chi connectivity index (χ4n) is 9.55. The predicted octanol–water partition coefficient (Wildman–Crippen LogP) is 4.54. The van der Waals surface area contributed by atoms with Gasteiger partial charge in [0.2, 0.25) is 11.8 Å². The molecule has 334 valence electrons. The third-order valence-electron chi connectivity index (χ3n) is 12.9. The summed E-state index contributed by atoms with van der Waals surface area (Å²) in [4.78, 5) is 63.4. The van der Waals surface area contributed by atoms with Crippen LogP contribution >= 0.6 is 24.8 Å². The highest BCUT2D eigenvalue weighted by Crippen LogP contribution is 2.37. The fraction of sp³-hybridized carbons (Fsp3) is 0.537. The Morgan fingerprint density at radius 3 is 2.48 bits per heavy atom. The first-order valence-electron chi connectivity index (χ1n) is 20.9. The average Bonchev–Trinajstić information content (AvgIpc) is 3.95. The molecular weight excluding hydrogens is 852 g/mol. The number of carbonyl (C=O) groups excluding carboxylic acids is 4. The van der Waals surface area contributed by atoms with Gasteiger partial charge in [0.1, 0.15) is 23.6 Å². The number of aromatic nitrogens is 5. The number of imide groups is 1. The van der Waals surface area contributed by atoms with Gasteiger partial charge in [-0.2, -0.15) is 10.2 Å². The topological polar surface area (TPSA) is 179 Å². The number of benzene rings is 1. The van der Waals surface area contributed by atoms with E-state index in [9.17, 15) is 32.3 Å². The SMILES string of the molecule is Cl.Cl.N[C@@H]1C[C@@H](F)CN(c2ccn3ncc(C(=O)Nc4cn(C5CCC(CCN6CCN(c7ccc8c(c7)CN(C7CCC(=O)NC7=O)C8=O)CC6)CC5)nc4C(F)F)c3n2)C1. The fourth-order valence-corrected chi connectivity index (χ4v) is 9.55. The first-order valence-corrected chi connectivity index (χ1v) is 20.9. The number of amides is 4. The zero-order valence-corrected chi connectivity index (χ0v) is 35.6. The molecular formula is C41H51Cl2F3N12O4. The highest BCUT2D eigenvalue weighted by atomic mass is 35.5. The van der Waals surface area contributed by atoms with Crippen molar-refractivity contribution in [3.8, 4) is 0 Å². The molecule has 5 aliphatic rings. The number of piperazine rings is 1. The summed E-state index contributed by atoms with van der Waals surface area (Å²) >= 11 is 0. The number of hydrogen-bond acceptors (Lipinski definition) is 11. The van der Waals surface area contributed by atoms with Gasteiger partial charge in [-0.3, -0.25) is 34.1 Å². The number of nitrogens with zero attached hydrogens (tertiary/aromatic N) is 9. The Bertz CT molecular complexity index is 2290. The minimum atomic E-state index is -2.90. The first-order chi connectivity index (χ1) is 29.0. The van der Waals surface area contributed by atoms with E-state index in [0.717, 1.165) is 76.1 Å². The summed E-state index contributed by atoms with van der Waals surface area (Å²) in [6, 6.07) is 6.51. The molecule has 62 heavy (non-hydrogen) atoms. The Morgan fingerprint density at radius 2 is 1.76 bits per heavy atom. The second-order valence-electron chi connectivity index (χ2n) is 16.8. The van der Waals surface area contributed by atoms with Gasteiger partial charge in [0.25, 0.3) is 18.2 Å². The van der Waals surface area contributed by atoms with Crippen molar-refractivity contribution in [3.05, 3.63) is 65.2 Å². The summed E-state index contributed by atoms with van der Waals surface area (Å²) < 4.78 is 45.8. The first kappa shape index (κ1) is 45.1. The normalized spacial score (nSPS) is 24.5. The van der Waals surface area contributed by atoms with Crippen molar-refractivity contribution in [2.24, 2.45) is 11.7 Å². The monoisotopic (exact) mass is 902 g/mol. The summed E-state index contributed by atoms with van der Waals surface area (Å²) in [6.45, 7) is 5.39. The molecule has 3 aromatic heterocycles. The van der Waals surface area contributed by atoms with E-state index in [2.05, 4.69) is 41.7 Å². The van der Waals surface area contributed by atoms with Crippen LogP contribution in [0, 0.1) is 5.92 Å². The number of nitrogens with two attached hydrogens (primary N) is 1. The van der Waals surface area contributed by atoms with E-state index in [1.54, 1.807) is 26.7 Å². The van der Waals surface area contributed by atoms with Crippen molar-refractivity contribution >= 4 is 71.3 Å². The van der Waals surface area contributed by atoms with Crippen molar-refractivity contribution in [1.82, 2.24) is 39.5 Å². The number of halogens is 5. The van der Waals surface area contributed by atoms with Crippen LogP contribution in [0.3, 0.4) is 0 Å². The Kier molecular flexibility index (Phi) is 13.6. The molecule has 7 heterocycles. The van der Waals surface area contributed by atoms with Crippen LogP contribution < -0.4 is 26.2 Å². The third-order valence-corrected chi connectivity index (χ3v) is 12.9. The van der Waals surface area contributed by atoms with Gasteiger partial charge >= 0.3 is 0 Å². The smallest absolute Gasteiger partial charge is 0.284 e. The zero-order chi connectivity index (χ0) is 41.7. The number of hydrogen-bond donors (Lipinski definition) is 3. The number of nitrogens with one attached hydrogen (secondary N) is 2. The van der Waals surface area contributed by atoms with Crippen molar-refractivity contribution in [2.45, 2.75) is 88.6 Å². The summed E-state index contributed by atoms with van der Waals surface area (Å²) in [5.74, 6) is -0.581. The number of piperidine rings is 2. The van der Waals surface area contributed by atoms with E-state index in [4.69, 9.17) is 5.73 Å². The lowest BCUT2D eigenvalue weighted by Gasteiger charge is -2.37. The number of alkyl halides is 3. The molecule has 3 saturated heterocycles. The molecule has 4 N–H and O–H groups in total. The molecule has 1 saturated carbocycles. The van der Waals surface area contributed by atoms with Crippen LogP contribution in [0.25, 0.3) is 5.65 Å². The molecule has 1 aliphatic carbocycles. The van der Waals surface area contributed by atoms with E-state index in [1.807, 2.05) is 12.1 Å². The molecule has 3 atom stereocenters. The van der Waals surface area contributed by atoms with E-state index < -0.39 is 36.1 Å². The molecule has 4 fully saturated rings. The minimum Gasteiger partial charge on any atom is -0.369 e. The van der Waals surface area contributed by atoms with Crippen LogP contribution in [0.15, 0.2) is 42.9 Å². The number of rotatable bonds is 10. The lowest BCUT2D eigenvalue weighted by atomic mass is 9.84. The van der Waals surface area contributed by atoms with Crippen molar-refractivity contribution in [2.75, 3.05) is 60.9 Å². The quantitative estimate of drug-likeness (QED) is 0.191. The van der Waals surface area contributed by atoms with Crippen molar-refractivity contribution in [1.29, 1.82) is 0 Å². The van der Waals surface area contributed by atoms with E-state index >= 15 is 0 Å². The molecule has 9 rings (SSSR count). The summed E-state index contributed by atoms with van der Waals surface area (Å²) in [5, 5.41) is 13.4. The average molecular weight is 904 g/mol. The van der Waals surface area contributed by atoms with Gasteiger partial charge in [0, 0.05) is 75.4 Å². The molecule has 0 bridgehead atoms. The van der Waals surface area contributed by atoms with Gasteiger partial charge in [0.15, 0.2) is 11.3 Å². The van der Waals surface area contributed by atoms with Crippen LogP contribution in [0.5, 0.6) is 0 Å². The molecule has 1 unspecified atom stereocenters. The molecule has 4 aromatic rings. The maximum Gasteiger partial charge on any atom is 0.284 e. The second kappa shape index (κ2) is 18.8. The molecule has 0 spiro atoms. The lowest BCUT2D eigenvalue weighted by Crippen LogP contribution is -2.52. The summed E-state index contributed by atoms with van der Waals surface area (Å²) in [6.07, 6.45) is 5.79. The molecule has 4 amide bonds. The standard InChI is InChI=1S/C41H49F3N12O4.2ClH/c42-26-18-27(45)22-53(21-26)34-10-12-55-38(48-34)31(19-46-55)39(58)47-32-23-56(50-36(32)37(43)44)28-3-1-24(2-4-28)9-11-51-13-15-52(16-14-51)29-5-6-30-25(17-29)20-54(41(30)60)33-7-8-35(57)49-40(33)59;;/h5-6,10,12,17,19,23-24,26-28,33,37H,1-4,7-9,11,13-16,18,20-22,45H2,(H,47,58)(H,49,57,59);2*1H/t24?,26-,27-,28?,33?;;/m1../s1. The highest BCUT2D eigenvalue weighted by molar-refractivity contribution is 6.08. The molecule has 16 nitrogen and oxygen atoms in total. The van der Waals surface area contributed by atoms with Gasteiger partial charge in [-0.25, -0.2) is 22.7 Å². The molecule has 1 aromatic carbocycles. The van der Waals surface area contributed by atoms with Crippen LogP contribution in [0.4, 0.5) is 30.4 Å². The van der Waals surface area contributed by atoms with Crippen molar-refractivity contribution < 1.29 is 32.3 Å². The highest BCUT2D eigenvalue weighted by Gasteiger charge is 2.39. The molecule has 0 radical (unpaired) electrons. The maximum absolute atomic E-state index is 14.3. The number of anilines is 3. The Hall–Kier alpha value is -4.98. The lowest BCUT2D eigenvalue weighted by molar-refractivity contribution is -0.136. The number of fused-ring (bicyclic) bond motifs is 2. The summed E-state index contributed by atoms with van der Waals surface area (Å²) in [5.41, 5.74) is 8.34. The van der Waals surface area contributed by atoms with E-state index in [0.29, 0.717) is 36.8 Å². The largest absolute Gasteiger partial charge is 0.369 e. The van der Waals surface area contributed by atoms with E-state index in [1.165, 1.54) is 16.9 Å². The van der Waals surface area contributed by atoms with Gasteiger partial charge < -0.3 is 25.8 Å². The maximum atomic E-state index is 14.3.